The number of hydrogen-bond acceptors (Lipinski definition) is 5. The number of benzene rings is 2. The molecule has 0 spiro atoms. The quantitative estimate of drug-likeness (QED) is 0.587. The van der Waals surface area contributed by atoms with Crippen LogP contribution in [-0.2, 0) is 19.6 Å². The summed E-state index contributed by atoms with van der Waals surface area (Å²) in [5.41, 5.74) is 1.94. The number of amides is 1. The number of carbonyl (C=O) groups excluding carboxylic acids is 2. The molecule has 7 nitrogen and oxygen atoms in total. The zero-order chi connectivity index (χ0) is 23.2. The fourth-order valence-electron chi connectivity index (χ4n) is 2.95. The summed E-state index contributed by atoms with van der Waals surface area (Å²) < 4.78 is 31.6. The molecule has 0 fully saturated rings. The second-order valence-electron chi connectivity index (χ2n) is 7.43. The van der Waals surface area contributed by atoms with Crippen molar-refractivity contribution in [1.29, 1.82) is 0 Å². The van der Waals surface area contributed by atoms with E-state index in [0.717, 1.165) is 5.56 Å². The number of esters is 1. The van der Waals surface area contributed by atoms with E-state index < -0.39 is 28.0 Å². The number of nitrogens with one attached hydrogen (secondary N) is 1. The summed E-state index contributed by atoms with van der Waals surface area (Å²) in [5, 5.41) is 2.72. The fourth-order valence-corrected chi connectivity index (χ4v) is 4.41. The first-order valence-electron chi connectivity index (χ1n) is 10.3. The Bertz CT molecular complexity index is 995. The molecule has 2 aromatic carbocycles. The van der Waals surface area contributed by atoms with Crippen molar-refractivity contribution in [2.75, 3.05) is 18.4 Å². The average Bonchev–Trinajstić information content (AvgIpc) is 2.74. The largest absolute Gasteiger partial charge is 0.449 e. The van der Waals surface area contributed by atoms with Crippen molar-refractivity contribution in [3.63, 3.8) is 0 Å². The lowest BCUT2D eigenvalue weighted by molar-refractivity contribution is -0.123. The number of nitrogens with zero attached hydrogens (tertiary/aromatic N) is 1. The smallest absolute Gasteiger partial charge is 0.338 e. The topological polar surface area (TPSA) is 92.8 Å². The molecule has 31 heavy (non-hydrogen) atoms. The SMILES string of the molecule is CCN(CC)S(=O)(=O)c1ccc(C(=O)OC(C)C(=O)Nc2ccc(C(C)C)cc2)cc1. The first-order chi connectivity index (χ1) is 14.6. The van der Waals surface area contributed by atoms with Crippen LogP contribution in [0.25, 0.3) is 0 Å². The van der Waals surface area contributed by atoms with E-state index in [0.29, 0.717) is 24.7 Å². The molecule has 8 heteroatoms. The van der Waals surface area contributed by atoms with Crippen LogP contribution in [0.1, 0.15) is 56.5 Å². The molecule has 0 aliphatic heterocycles. The van der Waals surface area contributed by atoms with E-state index in [4.69, 9.17) is 4.74 Å². The molecule has 0 aliphatic rings. The average molecular weight is 447 g/mol. The molecule has 1 N–H and O–H groups in total. The Morgan fingerprint density at radius 1 is 0.935 bits per heavy atom. The van der Waals surface area contributed by atoms with Crippen molar-refractivity contribution in [1.82, 2.24) is 4.31 Å². The summed E-state index contributed by atoms with van der Waals surface area (Å²) in [6, 6.07) is 13.0. The van der Waals surface area contributed by atoms with Gasteiger partial charge in [-0.25, -0.2) is 13.2 Å². The first-order valence-corrected chi connectivity index (χ1v) is 11.8. The third-order valence-electron chi connectivity index (χ3n) is 4.93. The van der Waals surface area contributed by atoms with Crippen LogP contribution >= 0.6 is 0 Å². The third-order valence-corrected chi connectivity index (χ3v) is 7.00. The summed E-state index contributed by atoms with van der Waals surface area (Å²) in [6.07, 6.45) is -1.02. The molecule has 0 heterocycles. The van der Waals surface area contributed by atoms with Crippen molar-refractivity contribution in [3.8, 4) is 0 Å². The maximum Gasteiger partial charge on any atom is 0.338 e. The van der Waals surface area contributed by atoms with Gasteiger partial charge in [-0.15, -0.1) is 0 Å². The molecule has 0 aliphatic carbocycles. The van der Waals surface area contributed by atoms with Gasteiger partial charge in [-0.3, -0.25) is 4.79 Å². The fraction of sp³-hybridized carbons (Fsp3) is 0.391. The summed E-state index contributed by atoms with van der Waals surface area (Å²) >= 11 is 0. The Kier molecular flexibility index (Phi) is 8.36. The van der Waals surface area contributed by atoms with Crippen LogP contribution in [0.3, 0.4) is 0 Å². The van der Waals surface area contributed by atoms with Gasteiger partial charge in [0.1, 0.15) is 0 Å². The number of rotatable bonds is 9. The zero-order valence-corrected chi connectivity index (χ0v) is 19.4. The third kappa shape index (κ3) is 6.15. The number of anilines is 1. The lowest BCUT2D eigenvalue weighted by Crippen LogP contribution is -2.31. The molecule has 0 radical (unpaired) electrons. The highest BCUT2D eigenvalue weighted by Crippen LogP contribution is 2.19. The predicted molar refractivity (Wildman–Crippen MR) is 121 cm³/mol. The highest BCUT2D eigenvalue weighted by Gasteiger charge is 2.23. The van der Waals surface area contributed by atoms with Gasteiger partial charge in [0.2, 0.25) is 10.0 Å². The van der Waals surface area contributed by atoms with Crippen LogP contribution in [0.2, 0.25) is 0 Å². The van der Waals surface area contributed by atoms with Crippen molar-refractivity contribution < 1.29 is 22.7 Å². The molecule has 0 saturated carbocycles. The van der Waals surface area contributed by atoms with Gasteiger partial charge in [-0.1, -0.05) is 39.8 Å². The van der Waals surface area contributed by atoms with Crippen molar-refractivity contribution in [3.05, 3.63) is 59.7 Å². The van der Waals surface area contributed by atoms with E-state index in [2.05, 4.69) is 19.2 Å². The maximum atomic E-state index is 12.5. The van der Waals surface area contributed by atoms with Crippen LogP contribution < -0.4 is 5.32 Å². The van der Waals surface area contributed by atoms with Gasteiger partial charge in [-0.05, 0) is 54.8 Å². The normalized spacial score (nSPS) is 12.6. The highest BCUT2D eigenvalue weighted by molar-refractivity contribution is 7.89. The molecule has 0 bridgehead atoms. The van der Waals surface area contributed by atoms with Gasteiger partial charge in [0.05, 0.1) is 10.5 Å². The molecule has 1 atom stereocenters. The second kappa shape index (κ2) is 10.5. The Balaban J connectivity index is 2.01. The number of ether oxygens (including phenoxy) is 1. The Morgan fingerprint density at radius 3 is 1.97 bits per heavy atom. The van der Waals surface area contributed by atoms with Crippen molar-refractivity contribution in [2.45, 2.75) is 51.5 Å². The van der Waals surface area contributed by atoms with Gasteiger partial charge in [-0.2, -0.15) is 4.31 Å². The molecule has 1 unspecified atom stereocenters. The van der Waals surface area contributed by atoms with E-state index in [1.54, 1.807) is 26.0 Å². The van der Waals surface area contributed by atoms with Crippen LogP contribution in [0.4, 0.5) is 5.69 Å². The van der Waals surface area contributed by atoms with Crippen LogP contribution in [0.5, 0.6) is 0 Å². The minimum absolute atomic E-state index is 0.100. The van der Waals surface area contributed by atoms with Crippen LogP contribution in [0, 0.1) is 0 Å². The summed E-state index contributed by atoms with van der Waals surface area (Å²) in [4.78, 5) is 24.8. The maximum absolute atomic E-state index is 12.5. The number of sulfonamides is 1. The van der Waals surface area contributed by atoms with Crippen molar-refractivity contribution in [2.24, 2.45) is 0 Å². The minimum atomic E-state index is -3.61. The molecular weight excluding hydrogens is 416 g/mol. The summed E-state index contributed by atoms with van der Waals surface area (Å²) in [7, 11) is -3.61. The van der Waals surface area contributed by atoms with Gasteiger partial charge in [0.15, 0.2) is 6.10 Å². The lowest BCUT2D eigenvalue weighted by Gasteiger charge is -2.18. The van der Waals surface area contributed by atoms with E-state index >= 15 is 0 Å². The molecule has 2 aromatic rings. The van der Waals surface area contributed by atoms with Crippen LogP contribution in [-0.4, -0.2) is 43.8 Å². The number of hydrogen-bond donors (Lipinski definition) is 1. The van der Waals surface area contributed by atoms with E-state index in [1.807, 2.05) is 12.1 Å². The monoisotopic (exact) mass is 446 g/mol. The summed E-state index contributed by atoms with van der Waals surface area (Å²) in [6.45, 7) is 9.89. The predicted octanol–water partition coefficient (Wildman–Crippen LogP) is 4.02. The van der Waals surface area contributed by atoms with Crippen molar-refractivity contribution >= 4 is 27.6 Å². The van der Waals surface area contributed by atoms with E-state index in [1.165, 1.54) is 35.5 Å². The lowest BCUT2D eigenvalue weighted by atomic mass is 10.0. The minimum Gasteiger partial charge on any atom is -0.449 e. The highest BCUT2D eigenvalue weighted by atomic mass is 32.2. The van der Waals surface area contributed by atoms with Crippen LogP contribution in [0.15, 0.2) is 53.4 Å². The standard InChI is InChI=1S/C23H30N2O5S/c1-6-25(7-2)31(28,29)21-14-10-19(11-15-21)23(27)30-17(5)22(26)24-20-12-8-18(9-13-20)16(3)4/h8-17H,6-7H2,1-5H3,(H,24,26). The van der Waals surface area contributed by atoms with E-state index in [-0.39, 0.29) is 10.5 Å². The second-order valence-corrected chi connectivity index (χ2v) is 9.37. The molecule has 1 amide bonds. The van der Waals surface area contributed by atoms with Gasteiger partial charge in [0.25, 0.3) is 5.91 Å². The number of carbonyl (C=O) groups is 2. The zero-order valence-electron chi connectivity index (χ0n) is 18.6. The van der Waals surface area contributed by atoms with Gasteiger partial charge < -0.3 is 10.1 Å². The molecule has 0 saturated heterocycles. The van der Waals surface area contributed by atoms with Gasteiger partial charge in [0, 0.05) is 18.8 Å². The Morgan fingerprint density at radius 2 is 1.48 bits per heavy atom. The van der Waals surface area contributed by atoms with E-state index in [9.17, 15) is 18.0 Å². The Hall–Kier alpha value is -2.71. The first kappa shape index (κ1) is 24.6. The molecule has 2 rings (SSSR count). The Labute approximate surface area is 184 Å². The molecular formula is C23H30N2O5S. The summed E-state index contributed by atoms with van der Waals surface area (Å²) in [5.74, 6) is -0.769. The molecule has 0 aromatic heterocycles. The van der Waals surface area contributed by atoms with Gasteiger partial charge >= 0.3 is 5.97 Å². The molecule has 168 valence electrons.